The van der Waals surface area contributed by atoms with Crippen LogP contribution in [0, 0.1) is 6.92 Å². The van der Waals surface area contributed by atoms with Gasteiger partial charge in [-0.15, -0.1) is 11.3 Å². The van der Waals surface area contributed by atoms with E-state index in [4.69, 9.17) is 5.73 Å². The first kappa shape index (κ1) is 23.4. The first-order valence-corrected chi connectivity index (χ1v) is 9.52. The summed E-state index contributed by atoms with van der Waals surface area (Å²) in [5, 5.41) is 4.63. The summed E-state index contributed by atoms with van der Waals surface area (Å²) in [7, 11) is 1.06. The molecule has 2 amide bonds. The van der Waals surface area contributed by atoms with Crippen LogP contribution in [-0.4, -0.2) is 37.5 Å². The molecular weight excluding hydrogens is 423 g/mol. The smallest absolute Gasteiger partial charge is 0.418 e. The molecule has 0 unspecified atom stereocenters. The van der Waals surface area contributed by atoms with Crippen molar-refractivity contribution >= 4 is 29.1 Å². The zero-order chi connectivity index (χ0) is 22.5. The summed E-state index contributed by atoms with van der Waals surface area (Å²) in [6.45, 7) is 1.61. The second-order valence-corrected chi connectivity index (χ2v) is 7.36. The number of benzene rings is 1. The summed E-state index contributed by atoms with van der Waals surface area (Å²) >= 11 is 0.376. The largest absolute Gasteiger partial charge is 0.467 e. The van der Waals surface area contributed by atoms with E-state index < -0.39 is 40.4 Å². The maximum absolute atomic E-state index is 13.4. The standard InChI is InChI=1S/C19H20F3N3O4S/c1-10-4-3-5-11(6-10)9-24-16(26)14-7-12(19(20,21)22)15(30-14)17(27)25-13(8-23)18(28)29-2/h3-7,13H,8-9,23H2,1-2H3,(H,24,26)(H,25,27)/t13-/m0/s1. The van der Waals surface area contributed by atoms with Crippen molar-refractivity contribution in [2.45, 2.75) is 25.7 Å². The number of nitrogens with two attached hydrogens (primary N) is 1. The van der Waals surface area contributed by atoms with Crippen LogP contribution in [0.1, 0.15) is 36.0 Å². The third-order valence-electron chi connectivity index (χ3n) is 4.03. The van der Waals surface area contributed by atoms with Gasteiger partial charge < -0.3 is 21.1 Å². The predicted octanol–water partition coefficient (Wildman–Crippen LogP) is 2.24. The minimum absolute atomic E-state index is 0.110. The molecule has 0 radical (unpaired) electrons. The normalized spacial score (nSPS) is 12.2. The Morgan fingerprint density at radius 2 is 1.90 bits per heavy atom. The molecule has 11 heteroatoms. The van der Waals surface area contributed by atoms with Gasteiger partial charge in [-0.2, -0.15) is 13.2 Å². The van der Waals surface area contributed by atoms with Crippen molar-refractivity contribution in [3.8, 4) is 0 Å². The number of carbonyl (C=O) groups excluding carboxylic acids is 3. The number of hydrogen-bond acceptors (Lipinski definition) is 6. The molecule has 30 heavy (non-hydrogen) atoms. The van der Waals surface area contributed by atoms with Crippen molar-refractivity contribution in [3.63, 3.8) is 0 Å². The number of carbonyl (C=O) groups is 3. The van der Waals surface area contributed by atoms with E-state index >= 15 is 0 Å². The number of amides is 2. The fraction of sp³-hybridized carbons (Fsp3) is 0.316. The van der Waals surface area contributed by atoms with Gasteiger partial charge in [-0.1, -0.05) is 29.8 Å². The van der Waals surface area contributed by atoms with E-state index in [0.717, 1.165) is 18.2 Å². The van der Waals surface area contributed by atoms with Gasteiger partial charge in [0.2, 0.25) is 0 Å². The van der Waals surface area contributed by atoms with Crippen molar-refractivity contribution in [2.75, 3.05) is 13.7 Å². The molecule has 4 N–H and O–H groups in total. The lowest BCUT2D eigenvalue weighted by atomic mass is 10.1. The predicted molar refractivity (Wildman–Crippen MR) is 104 cm³/mol. The molecule has 0 saturated heterocycles. The second kappa shape index (κ2) is 9.72. The summed E-state index contributed by atoms with van der Waals surface area (Å²) in [5.74, 6) is -2.83. The van der Waals surface area contributed by atoms with Crippen LogP contribution in [0.4, 0.5) is 13.2 Å². The lowest BCUT2D eigenvalue weighted by Crippen LogP contribution is -2.46. The summed E-state index contributed by atoms with van der Waals surface area (Å²) in [6.07, 6.45) is -4.87. The highest BCUT2D eigenvalue weighted by atomic mass is 32.1. The number of alkyl halides is 3. The SMILES string of the molecule is COC(=O)[C@H](CN)NC(=O)c1sc(C(=O)NCc2cccc(C)c2)cc1C(F)(F)F. The average Bonchev–Trinajstić information content (AvgIpc) is 3.16. The minimum Gasteiger partial charge on any atom is -0.467 e. The first-order valence-electron chi connectivity index (χ1n) is 8.70. The number of thiophene rings is 1. The van der Waals surface area contributed by atoms with E-state index in [2.05, 4.69) is 15.4 Å². The number of rotatable bonds is 7. The van der Waals surface area contributed by atoms with Crippen molar-refractivity contribution in [1.29, 1.82) is 0 Å². The maximum atomic E-state index is 13.4. The third kappa shape index (κ3) is 5.80. The molecule has 0 bridgehead atoms. The zero-order valence-electron chi connectivity index (χ0n) is 16.1. The van der Waals surface area contributed by atoms with Crippen LogP contribution in [0.15, 0.2) is 30.3 Å². The van der Waals surface area contributed by atoms with E-state index in [-0.39, 0.29) is 18.0 Å². The highest BCUT2D eigenvalue weighted by Gasteiger charge is 2.39. The van der Waals surface area contributed by atoms with Crippen molar-refractivity contribution < 1.29 is 32.3 Å². The maximum Gasteiger partial charge on any atom is 0.418 e. The third-order valence-corrected chi connectivity index (χ3v) is 5.16. The molecule has 1 heterocycles. The Labute approximate surface area is 174 Å². The highest BCUT2D eigenvalue weighted by molar-refractivity contribution is 7.16. The van der Waals surface area contributed by atoms with Gasteiger partial charge in [0.05, 0.1) is 17.6 Å². The molecular formula is C19H20F3N3O4S. The van der Waals surface area contributed by atoms with Crippen LogP contribution in [-0.2, 0) is 22.3 Å². The molecule has 1 aromatic carbocycles. The Bertz CT molecular complexity index is 943. The van der Waals surface area contributed by atoms with Gasteiger partial charge in [0.25, 0.3) is 11.8 Å². The topological polar surface area (TPSA) is 111 Å². The molecule has 1 aromatic heterocycles. The Hall–Kier alpha value is -2.92. The molecule has 7 nitrogen and oxygen atoms in total. The van der Waals surface area contributed by atoms with E-state index in [9.17, 15) is 27.6 Å². The van der Waals surface area contributed by atoms with E-state index in [0.29, 0.717) is 17.4 Å². The Kier molecular flexibility index (Phi) is 7.57. The fourth-order valence-corrected chi connectivity index (χ4v) is 3.55. The quantitative estimate of drug-likeness (QED) is 0.569. The molecule has 0 saturated carbocycles. The number of ether oxygens (including phenoxy) is 1. The highest BCUT2D eigenvalue weighted by Crippen LogP contribution is 2.37. The van der Waals surface area contributed by atoms with Crippen LogP contribution in [0.2, 0.25) is 0 Å². The molecule has 0 aliphatic carbocycles. The monoisotopic (exact) mass is 443 g/mol. The van der Waals surface area contributed by atoms with Gasteiger partial charge >= 0.3 is 12.1 Å². The van der Waals surface area contributed by atoms with E-state index in [1.807, 2.05) is 19.1 Å². The van der Waals surface area contributed by atoms with Crippen LogP contribution in [0.5, 0.6) is 0 Å². The van der Waals surface area contributed by atoms with Crippen LogP contribution in [0.25, 0.3) is 0 Å². The van der Waals surface area contributed by atoms with Gasteiger partial charge in [-0.05, 0) is 18.6 Å². The first-order chi connectivity index (χ1) is 14.1. The van der Waals surface area contributed by atoms with Crippen molar-refractivity contribution in [2.24, 2.45) is 5.73 Å². The Morgan fingerprint density at radius 1 is 1.20 bits per heavy atom. The van der Waals surface area contributed by atoms with Crippen molar-refractivity contribution in [3.05, 3.63) is 56.8 Å². The van der Waals surface area contributed by atoms with Gasteiger partial charge in [-0.25, -0.2) is 4.79 Å². The average molecular weight is 443 g/mol. The summed E-state index contributed by atoms with van der Waals surface area (Å²) in [6, 6.07) is 6.55. The van der Waals surface area contributed by atoms with Gasteiger partial charge in [-0.3, -0.25) is 9.59 Å². The van der Waals surface area contributed by atoms with Crippen molar-refractivity contribution in [1.82, 2.24) is 10.6 Å². The molecule has 1 atom stereocenters. The van der Waals surface area contributed by atoms with Crippen LogP contribution >= 0.6 is 11.3 Å². The summed E-state index contributed by atoms with van der Waals surface area (Å²) < 4.78 is 44.7. The summed E-state index contributed by atoms with van der Waals surface area (Å²) in [4.78, 5) is 35.2. The summed E-state index contributed by atoms with van der Waals surface area (Å²) in [5.41, 5.74) is 5.83. The number of halogens is 3. The van der Waals surface area contributed by atoms with E-state index in [1.54, 1.807) is 12.1 Å². The lowest BCUT2D eigenvalue weighted by Gasteiger charge is -2.14. The molecule has 0 aliphatic heterocycles. The molecule has 2 rings (SSSR count). The lowest BCUT2D eigenvalue weighted by molar-refractivity contribution is -0.142. The second-order valence-electron chi connectivity index (χ2n) is 6.31. The molecule has 0 fully saturated rings. The number of aryl methyl sites for hydroxylation is 1. The number of methoxy groups -OCH3 is 1. The number of nitrogens with one attached hydrogen (secondary N) is 2. The number of hydrogen-bond donors (Lipinski definition) is 3. The van der Waals surface area contributed by atoms with Gasteiger partial charge in [0.1, 0.15) is 10.9 Å². The zero-order valence-corrected chi connectivity index (χ0v) is 16.9. The molecule has 0 spiro atoms. The minimum atomic E-state index is -4.87. The van der Waals surface area contributed by atoms with Crippen LogP contribution < -0.4 is 16.4 Å². The Morgan fingerprint density at radius 3 is 2.47 bits per heavy atom. The Balaban J connectivity index is 2.24. The molecule has 2 aromatic rings. The fourth-order valence-electron chi connectivity index (χ4n) is 2.55. The van der Waals surface area contributed by atoms with Gasteiger partial charge in [0.15, 0.2) is 0 Å². The van der Waals surface area contributed by atoms with Gasteiger partial charge in [0, 0.05) is 13.1 Å². The van der Waals surface area contributed by atoms with Crippen LogP contribution in [0.3, 0.4) is 0 Å². The molecule has 0 aliphatic rings. The number of esters is 1. The van der Waals surface area contributed by atoms with E-state index in [1.165, 1.54) is 0 Å². The molecule has 162 valence electrons.